The summed E-state index contributed by atoms with van der Waals surface area (Å²) in [7, 11) is -4.38. The molecular formula is C20H22F3NO5S. The Hall–Kier alpha value is -2.59. The van der Waals surface area contributed by atoms with Crippen molar-refractivity contribution in [3.8, 4) is 5.75 Å². The van der Waals surface area contributed by atoms with Crippen LogP contribution in [0.2, 0.25) is 0 Å². The summed E-state index contributed by atoms with van der Waals surface area (Å²) in [5.41, 5.74) is -1.06. The van der Waals surface area contributed by atoms with Gasteiger partial charge in [-0.2, -0.15) is 4.72 Å². The molecule has 10 heteroatoms. The molecule has 30 heavy (non-hydrogen) atoms. The second-order valence-corrected chi connectivity index (χ2v) is 9.56. The lowest BCUT2D eigenvalue weighted by molar-refractivity contribution is -0.274. The van der Waals surface area contributed by atoms with Crippen molar-refractivity contribution in [2.24, 2.45) is 0 Å². The second kappa shape index (κ2) is 7.92. The van der Waals surface area contributed by atoms with E-state index >= 15 is 0 Å². The van der Waals surface area contributed by atoms with Crippen LogP contribution in [0.3, 0.4) is 0 Å². The molecule has 0 amide bonds. The van der Waals surface area contributed by atoms with Crippen molar-refractivity contribution in [1.29, 1.82) is 0 Å². The first-order chi connectivity index (χ1) is 13.5. The number of carbonyl (C=O) groups is 1. The van der Waals surface area contributed by atoms with Crippen LogP contribution in [0.25, 0.3) is 0 Å². The zero-order valence-corrected chi connectivity index (χ0v) is 17.6. The molecule has 2 N–H and O–H groups in total. The lowest BCUT2D eigenvalue weighted by Gasteiger charge is -2.28. The number of ether oxygens (including phenoxy) is 1. The first-order valence-corrected chi connectivity index (χ1v) is 10.3. The zero-order valence-electron chi connectivity index (χ0n) is 16.7. The SMILES string of the molecule is CC(C)(C)c1ccc(C(C)(NS(=O)(=O)c2ccc(OC(F)(F)F)cc2)C(=O)O)cc1. The van der Waals surface area contributed by atoms with Gasteiger partial charge in [0.15, 0.2) is 5.54 Å². The van der Waals surface area contributed by atoms with E-state index in [1.165, 1.54) is 19.1 Å². The Morgan fingerprint density at radius 2 is 1.37 bits per heavy atom. The molecule has 0 aliphatic heterocycles. The van der Waals surface area contributed by atoms with Gasteiger partial charge < -0.3 is 9.84 Å². The first-order valence-electron chi connectivity index (χ1n) is 8.79. The summed E-state index contributed by atoms with van der Waals surface area (Å²) in [6, 6.07) is 9.94. The Kier molecular flexibility index (Phi) is 6.25. The van der Waals surface area contributed by atoms with Crippen LogP contribution in [0.15, 0.2) is 53.4 Å². The lowest BCUT2D eigenvalue weighted by Crippen LogP contribution is -2.49. The third-order valence-electron chi connectivity index (χ3n) is 4.46. The van der Waals surface area contributed by atoms with Crippen LogP contribution in [0.4, 0.5) is 13.2 Å². The summed E-state index contributed by atoms with van der Waals surface area (Å²) in [6.07, 6.45) is -4.92. The maximum atomic E-state index is 12.7. The van der Waals surface area contributed by atoms with E-state index in [9.17, 15) is 31.5 Å². The van der Waals surface area contributed by atoms with Gasteiger partial charge in [0.05, 0.1) is 4.90 Å². The van der Waals surface area contributed by atoms with E-state index in [0.29, 0.717) is 0 Å². The van der Waals surface area contributed by atoms with Crippen LogP contribution >= 0.6 is 0 Å². The fraction of sp³-hybridized carbons (Fsp3) is 0.350. The van der Waals surface area contributed by atoms with E-state index in [4.69, 9.17) is 0 Å². The molecule has 1 unspecified atom stereocenters. The molecule has 164 valence electrons. The van der Waals surface area contributed by atoms with Gasteiger partial charge >= 0.3 is 12.3 Å². The lowest BCUT2D eigenvalue weighted by atomic mass is 9.84. The number of hydrogen-bond acceptors (Lipinski definition) is 4. The van der Waals surface area contributed by atoms with Gasteiger partial charge in [-0.05, 0) is 47.7 Å². The van der Waals surface area contributed by atoms with Crippen molar-refractivity contribution in [3.63, 3.8) is 0 Å². The van der Waals surface area contributed by atoms with Gasteiger partial charge in [0.25, 0.3) is 0 Å². The van der Waals surface area contributed by atoms with Crippen molar-refractivity contribution in [3.05, 3.63) is 59.7 Å². The van der Waals surface area contributed by atoms with Gasteiger partial charge in [0.2, 0.25) is 10.0 Å². The highest BCUT2D eigenvalue weighted by Gasteiger charge is 2.40. The predicted molar refractivity (Wildman–Crippen MR) is 104 cm³/mol. The molecule has 0 saturated carbocycles. The van der Waals surface area contributed by atoms with Crippen LogP contribution in [0.1, 0.15) is 38.8 Å². The van der Waals surface area contributed by atoms with E-state index < -0.39 is 38.5 Å². The highest BCUT2D eigenvalue weighted by molar-refractivity contribution is 7.89. The molecule has 6 nitrogen and oxygen atoms in total. The normalized spacial score (nSPS) is 14.8. The number of nitrogens with one attached hydrogen (secondary N) is 1. The third-order valence-corrected chi connectivity index (χ3v) is 6.03. The molecule has 1 atom stereocenters. The van der Waals surface area contributed by atoms with Crippen molar-refractivity contribution < 1.29 is 36.2 Å². The van der Waals surface area contributed by atoms with Crippen molar-refractivity contribution in [2.75, 3.05) is 0 Å². The average molecular weight is 445 g/mol. The quantitative estimate of drug-likeness (QED) is 0.697. The fourth-order valence-corrected chi connectivity index (χ4v) is 4.03. The number of hydrogen-bond donors (Lipinski definition) is 2. The number of sulfonamides is 1. The van der Waals surface area contributed by atoms with Crippen LogP contribution in [0.5, 0.6) is 5.75 Å². The largest absolute Gasteiger partial charge is 0.573 e. The summed E-state index contributed by atoms with van der Waals surface area (Å²) in [4.78, 5) is 11.5. The van der Waals surface area contributed by atoms with Gasteiger partial charge in [-0.25, -0.2) is 13.2 Å². The Morgan fingerprint density at radius 1 is 0.900 bits per heavy atom. The van der Waals surface area contributed by atoms with Crippen LogP contribution < -0.4 is 9.46 Å². The predicted octanol–water partition coefficient (Wildman–Crippen LogP) is 4.16. The van der Waals surface area contributed by atoms with Crippen molar-refractivity contribution in [2.45, 2.75) is 49.9 Å². The molecule has 0 fully saturated rings. The molecule has 0 radical (unpaired) electrons. The summed E-state index contributed by atoms with van der Waals surface area (Å²) in [6.45, 7) is 7.13. The number of aliphatic carboxylic acids is 1. The summed E-state index contributed by atoms with van der Waals surface area (Å²) in [5, 5.41) is 9.73. The summed E-state index contributed by atoms with van der Waals surface area (Å²) in [5.74, 6) is -2.04. The smallest absolute Gasteiger partial charge is 0.480 e. The van der Waals surface area contributed by atoms with Gasteiger partial charge in [-0.1, -0.05) is 45.0 Å². The molecule has 2 aromatic carbocycles. The molecule has 0 spiro atoms. The zero-order chi connectivity index (χ0) is 23.0. The molecule has 0 aliphatic rings. The molecule has 0 aliphatic carbocycles. The van der Waals surface area contributed by atoms with Crippen LogP contribution in [-0.4, -0.2) is 25.9 Å². The standard InChI is InChI=1S/C20H22F3NO5S/c1-18(2,3)13-5-7-14(8-6-13)19(4,17(25)26)24-30(27,28)16-11-9-15(10-12-16)29-20(21,22)23/h5-12,24H,1-4H3,(H,25,26). The number of carboxylic acid groups (broad SMARTS) is 1. The molecular weight excluding hydrogens is 423 g/mol. The Balaban J connectivity index is 2.36. The van der Waals surface area contributed by atoms with E-state index in [-0.39, 0.29) is 11.0 Å². The topological polar surface area (TPSA) is 92.7 Å². The molecule has 0 aromatic heterocycles. The monoisotopic (exact) mass is 445 g/mol. The van der Waals surface area contributed by atoms with Crippen LogP contribution in [-0.2, 0) is 25.8 Å². The van der Waals surface area contributed by atoms with E-state index in [2.05, 4.69) is 9.46 Å². The first kappa shape index (κ1) is 23.7. The minimum absolute atomic E-state index is 0.183. The molecule has 0 bridgehead atoms. The van der Waals surface area contributed by atoms with Gasteiger partial charge in [0, 0.05) is 0 Å². The number of carboxylic acids is 1. The molecule has 2 aromatic rings. The maximum Gasteiger partial charge on any atom is 0.573 e. The van der Waals surface area contributed by atoms with Gasteiger partial charge in [-0.3, -0.25) is 0 Å². The summed E-state index contributed by atoms with van der Waals surface area (Å²) >= 11 is 0. The Labute approximate surface area is 172 Å². The second-order valence-electron chi connectivity index (χ2n) is 7.88. The van der Waals surface area contributed by atoms with Crippen LogP contribution in [0, 0.1) is 0 Å². The van der Waals surface area contributed by atoms with Crippen molar-refractivity contribution in [1.82, 2.24) is 4.72 Å². The highest BCUT2D eigenvalue weighted by Crippen LogP contribution is 2.29. The Morgan fingerprint density at radius 3 is 1.77 bits per heavy atom. The summed E-state index contributed by atoms with van der Waals surface area (Å²) < 4.78 is 68.0. The van der Waals surface area contributed by atoms with Gasteiger partial charge in [-0.15, -0.1) is 13.2 Å². The molecule has 0 saturated heterocycles. The Bertz CT molecular complexity index is 1010. The number of rotatable bonds is 6. The number of benzene rings is 2. The number of halogens is 3. The highest BCUT2D eigenvalue weighted by atomic mass is 32.2. The average Bonchev–Trinajstić information content (AvgIpc) is 2.59. The molecule has 0 heterocycles. The minimum Gasteiger partial charge on any atom is -0.480 e. The van der Waals surface area contributed by atoms with E-state index in [1.807, 2.05) is 20.8 Å². The van der Waals surface area contributed by atoms with E-state index in [1.54, 1.807) is 12.1 Å². The van der Waals surface area contributed by atoms with E-state index in [0.717, 1.165) is 29.8 Å². The maximum absolute atomic E-state index is 12.7. The van der Waals surface area contributed by atoms with Gasteiger partial charge in [0.1, 0.15) is 5.75 Å². The third kappa shape index (κ3) is 5.51. The minimum atomic E-state index is -4.92. The number of alkyl halides is 3. The van der Waals surface area contributed by atoms with Crippen molar-refractivity contribution >= 4 is 16.0 Å². The molecule has 2 rings (SSSR count). The fourth-order valence-electron chi connectivity index (χ4n) is 2.68.